The number of aromatic nitrogens is 7. The third kappa shape index (κ3) is 24.6. The van der Waals surface area contributed by atoms with Crippen LogP contribution in [-0.4, -0.2) is 151 Å². The van der Waals surface area contributed by atoms with E-state index in [0.29, 0.717) is 120 Å². The number of carbonyl (C=O) groups excluding carboxylic acids is 6. The number of ether oxygens (including phenoxy) is 3. The Kier molecular flexibility index (Phi) is 31.6. The number of hydrogen-bond donors (Lipinski definition) is 9. The van der Waals surface area contributed by atoms with Crippen molar-refractivity contribution in [1.29, 1.82) is 0 Å². The minimum atomic E-state index is -4.07. The van der Waals surface area contributed by atoms with Crippen LogP contribution in [0, 0.1) is 69.2 Å². The summed E-state index contributed by atoms with van der Waals surface area (Å²) in [5.74, 6) is -2.56. The van der Waals surface area contributed by atoms with Crippen LogP contribution in [0.3, 0.4) is 0 Å². The molecule has 14 aromatic rings. The molecule has 0 atom stereocenters. The first kappa shape index (κ1) is 97.9. The molecule has 698 valence electrons. The highest BCUT2D eigenvalue weighted by Crippen LogP contribution is 2.39. The summed E-state index contributed by atoms with van der Waals surface area (Å²) in [6.07, 6.45) is 10.8. The van der Waals surface area contributed by atoms with Crippen molar-refractivity contribution >= 4 is 144 Å². The van der Waals surface area contributed by atoms with Gasteiger partial charge < -0.3 is 58.8 Å². The van der Waals surface area contributed by atoms with E-state index >= 15 is 0 Å². The second-order valence-electron chi connectivity index (χ2n) is 33.4. The fraction of sp³-hybridized carbons (Fsp3) is 0.303. The Morgan fingerprint density at radius 3 is 1.17 bits per heavy atom. The Hall–Kier alpha value is -12.7. The molecule has 0 unspecified atom stereocenters. The lowest BCUT2D eigenvalue weighted by Gasteiger charge is -2.11. The van der Waals surface area contributed by atoms with E-state index in [1.165, 1.54) is 0 Å². The third-order valence-electron chi connectivity index (χ3n) is 23.3. The number of para-hydroxylation sites is 3. The van der Waals surface area contributed by atoms with Gasteiger partial charge in [0.15, 0.2) is 0 Å². The molecule has 1 saturated carbocycles. The Morgan fingerprint density at radius 2 is 0.789 bits per heavy atom. The predicted octanol–water partition coefficient (Wildman–Crippen LogP) is 16.9. The molecule has 28 nitrogen and oxygen atoms in total. The van der Waals surface area contributed by atoms with Crippen LogP contribution in [0.2, 0.25) is 15.1 Å². The maximum absolute atomic E-state index is 13.3. The number of sulfonamides is 3. The van der Waals surface area contributed by atoms with E-state index in [4.69, 9.17) is 49.0 Å². The largest absolute Gasteiger partial charge is 0.494 e. The van der Waals surface area contributed by atoms with Crippen LogP contribution < -0.4 is 44.3 Å². The van der Waals surface area contributed by atoms with E-state index in [1.54, 1.807) is 30.6 Å². The molecule has 7 heterocycles. The minimum Gasteiger partial charge on any atom is -0.494 e. The van der Waals surface area contributed by atoms with Crippen molar-refractivity contribution in [2.45, 2.75) is 133 Å². The van der Waals surface area contributed by atoms with Crippen molar-refractivity contribution < 1.29 is 68.2 Å². The zero-order valence-corrected chi connectivity index (χ0v) is 80.5. The number of benzene rings is 7. The van der Waals surface area contributed by atoms with Gasteiger partial charge in [0.1, 0.15) is 34.3 Å². The smallest absolute Gasteiger partial charge is 0.281 e. The summed E-state index contributed by atoms with van der Waals surface area (Å²) in [7, 11) is -10.2. The summed E-state index contributed by atoms with van der Waals surface area (Å²) in [4.78, 5) is 91.4. The number of rotatable bonds is 36. The number of H-pyrrole nitrogens is 3. The lowest BCUT2D eigenvalue weighted by Crippen LogP contribution is -2.38. The van der Waals surface area contributed by atoms with Crippen LogP contribution in [0.1, 0.15) is 179 Å². The van der Waals surface area contributed by atoms with E-state index in [-0.39, 0.29) is 48.5 Å². The lowest BCUT2D eigenvalue weighted by atomic mass is 10.1. The Bertz CT molecular complexity index is 7040. The van der Waals surface area contributed by atoms with Gasteiger partial charge in [0, 0.05) is 145 Å². The van der Waals surface area contributed by atoms with Gasteiger partial charge in [0.05, 0.1) is 48.2 Å². The number of nitrogens with zero attached hydrogens (tertiary/aromatic N) is 4. The normalized spacial score (nSPS) is 12.1. The minimum absolute atomic E-state index is 0.130. The molecule has 7 aromatic carbocycles. The number of nitrogens with one attached hydrogen (secondary N) is 9. The van der Waals surface area contributed by atoms with Crippen LogP contribution in [0.15, 0.2) is 176 Å². The first-order valence-corrected chi connectivity index (χ1v) is 49.7. The van der Waals surface area contributed by atoms with Gasteiger partial charge in [0.25, 0.3) is 35.4 Å². The van der Waals surface area contributed by atoms with Crippen molar-refractivity contribution in [3.05, 3.63) is 304 Å². The molecule has 0 aliphatic heterocycles. The molecule has 133 heavy (non-hydrogen) atoms. The average Bonchev–Trinajstić information content (AvgIpc) is 1.64. The fourth-order valence-corrected chi connectivity index (χ4v) is 19.3. The maximum atomic E-state index is 13.3. The van der Waals surface area contributed by atoms with Crippen LogP contribution in [0.5, 0.6) is 17.2 Å². The molecular weight excluding hydrogens is 1810 g/mol. The molecular formula is C99H108Cl3N13O15S3. The van der Waals surface area contributed by atoms with Gasteiger partial charge in [-0.25, -0.2) is 39.4 Å². The molecule has 0 saturated heterocycles. The first-order valence-electron chi connectivity index (χ1n) is 43.7. The highest BCUT2D eigenvalue weighted by Gasteiger charge is 2.31. The molecule has 1 fully saturated rings. The predicted molar refractivity (Wildman–Crippen MR) is 522 cm³/mol. The van der Waals surface area contributed by atoms with E-state index in [1.807, 2.05) is 231 Å². The molecule has 34 heteroatoms. The van der Waals surface area contributed by atoms with E-state index in [9.17, 15) is 54.0 Å². The van der Waals surface area contributed by atoms with Gasteiger partial charge in [-0.05, 0) is 279 Å². The molecule has 0 radical (unpaired) electrons. The number of halogens is 3. The van der Waals surface area contributed by atoms with Crippen molar-refractivity contribution in [3.63, 3.8) is 0 Å². The van der Waals surface area contributed by atoms with Crippen LogP contribution in [-0.2, 0) is 62.9 Å². The molecule has 9 N–H and O–H groups in total. The number of carbonyl (C=O) groups is 6. The van der Waals surface area contributed by atoms with Crippen molar-refractivity contribution in [2.24, 2.45) is 7.05 Å². The summed E-state index contributed by atoms with van der Waals surface area (Å²) >= 11 is 18.8. The van der Waals surface area contributed by atoms with E-state index < -0.39 is 71.0 Å². The van der Waals surface area contributed by atoms with Crippen molar-refractivity contribution in [2.75, 3.05) is 56.7 Å². The SMILES string of the molecule is Cc1cc(OCCCc2c(C(=O)NS(=O)(=O)CCNC(=O)c3cc(C)n(C4CC4)c3C)[nH]c3ccccc23)cc(C)c1Cl.Cc1cc(OCCCc2c(C(=O)NS(=O)(=O)CCNC(=O)c3cc(C)n(Cc4ccncc4)c3C)[nH]c3ccccc23)cc(C)c1Cl.Cc1cc(OCCCc2c(C(=O)NS(=O)(=O)CCNC(=O)c3ccc4c(ccn4C)c3)[nH]c3ccccc23)cc(C)c1Cl. The highest BCUT2D eigenvalue weighted by molar-refractivity contribution is 7.90. The Balaban J connectivity index is 0.000000170. The zero-order chi connectivity index (χ0) is 95.3. The van der Waals surface area contributed by atoms with Crippen molar-refractivity contribution in [3.8, 4) is 17.2 Å². The second-order valence-corrected chi connectivity index (χ2v) is 40.0. The van der Waals surface area contributed by atoms with Gasteiger partial charge in [-0.2, -0.15) is 0 Å². The molecule has 1 aliphatic carbocycles. The monoisotopic (exact) mass is 1920 g/mol. The number of aryl methyl sites for hydroxylation is 12. The van der Waals surface area contributed by atoms with Gasteiger partial charge >= 0.3 is 0 Å². The average molecular weight is 1920 g/mol. The summed E-state index contributed by atoms with van der Waals surface area (Å²) in [5, 5.41) is 13.6. The molecule has 0 spiro atoms. The Labute approximate surface area is 788 Å². The quantitative estimate of drug-likeness (QED) is 0.0165. The first-order chi connectivity index (χ1) is 63.4. The molecule has 6 amide bonds. The van der Waals surface area contributed by atoms with Crippen molar-refractivity contribution in [1.82, 2.24) is 63.8 Å². The molecule has 15 rings (SSSR count). The summed E-state index contributed by atoms with van der Waals surface area (Å²) in [6.45, 7) is 20.5. The molecule has 0 bridgehead atoms. The summed E-state index contributed by atoms with van der Waals surface area (Å²) in [6, 6.07) is 48.7. The Morgan fingerprint density at radius 1 is 0.429 bits per heavy atom. The van der Waals surface area contributed by atoms with Gasteiger partial charge in [-0.1, -0.05) is 89.4 Å². The molecule has 1 aliphatic rings. The lowest BCUT2D eigenvalue weighted by molar-refractivity contribution is 0.0946. The number of fused-ring (bicyclic) bond motifs is 4. The number of aromatic amines is 3. The van der Waals surface area contributed by atoms with Crippen LogP contribution in [0.4, 0.5) is 0 Å². The van der Waals surface area contributed by atoms with Crippen LogP contribution >= 0.6 is 34.8 Å². The molecule has 7 aromatic heterocycles. The standard InChI is InChI=1S/C35H38ClN5O5S.C32H37ClN4O5S.C32H33ClN4O5S/c1-22-18-27(19-23(2)32(22)36)46-16-7-9-29-28-8-5-6-10-31(28)39-33(29)35(43)40-47(44,45)17-15-38-34(42)30-20-24(3)41(25(30)4)21-26-11-13-37-14-12-26;1-19-16-24(17-20(2)29(19)33)42-14-7-9-26-25-8-5-6-10-28(25)35-30(26)32(39)36-43(40,41)15-13-34-31(38)27-18-21(3)37(22(27)4)23-11-12-23;1-20-17-24(18-21(2)29(20)33)42-15-6-8-26-25-7-4-5-9-27(25)35-30(26)32(39)36-43(40,41)16-13-34-31(38)23-10-11-28-22(19-23)12-14-37(28)3/h5-6,8,10-14,18-20,39H,7,9,15-17,21H2,1-4H3,(H,38,42)(H,40,43);5-6,8,10,16-18,23,35H,7,9,11-15H2,1-4H3,(H,34,38)(H,36,39);4-5,7,9-12,14,17-19,35H,6,8,13,15-16H2,1-3H3,(H,34,38)(H,36,39). The van der Waals surface area contributed by atoms with Gasteiger partial charge in [0.2, 0.25) is 30.1 Å². The van der Waals surface area contributed by atoms with Gasteiger partial charge in [-0.15, -0.1) is 0 Å². The zero-order valence-electron chi connectivity index (χ0n) is 75.8. The number of amides is 6. The van der Waals surface area contributed by atoms with E-state index in [0.717, 1.165) is 135 Å². The summed E-state index contributed by atoms with van der Waals surface area (Å²) in [5.41, 5.74) is 17.5. The highest BCUT2D eigenvalue weighted by atomic mass is 35.5. The third-order valence-corrected chi connectivity index (χ3v) is 28.8. The van der Waals surface area contributed by atoms with E-state index in [2.05, 4.69) is 54.6 Å². The maximum Gasteiger partial charge on any atom is 0.281 e. The topological polar surface area (TPSA) is 380 Å². The van der Waals surface area contributed by atoms with Crippen LogP contribution in [0.25, 0.3) is 43.6 Å². The number of pyridine rings is 1. The fourth-order valence-electron chi connectivity index (χ4n) is 16.4. The summed E-state index contributed by atoms with van der Waals surface area (Å²) < 4.78 is 108. The van der Waals surface area contributed by atoms with Gasteiger partial charge in [-0.3, -0.25) is 33.8 Å². The number of hydrogen-bond acceptors (Lipinski definition) is 16. The second kappa shape index (κ2) is 42.9.